The number of nitrogens with zero attached hydrogens (tertiary/aromatic N) is 2. The number of morpholine rings is 1. The maximum Gasteiger partial charge on any atom is 0.313 e. The lowest BCUT2D eigenvalue weighted by atomic mass is 9.94. The standard InChI is InChI=1S/C19H21ClN2O4/c20-14-11-15-18(21-6-8-25-9-7-21)17(10-13-4-2-1-3-5-13)26-19(15)16(12-14)22(23)24/h10-12H,1-9H2. The van der Waals surface area contributed by atoms with Crippen LogP contribution in [0.2, 0.25) is 5.02 Å². The Morgan fingerprint density at radius 1 is 1.15 bits per heavy atom. The quantitative estimate of drug-likeness (QED) is 0.545. The van der Waals surface area contributed by atoms with Crippen LogP contribution in [0.3, 0.4) is 0 Å². The third-order valence-electron chi connectivity index (χ3n) is 5.09. The van der Waals surface area contributed by atoms with Crippen molar-refractivity contribution in [2.45, 2.75) is 32.1 Å². The number of anilines is 1. The zero-order chi connectivity index (χ0) is 18.1. The molecule has 0 atom stereocenters. The van der Waals surface area contributed by atoms with Gasteiger partial charge in [-0.25, -0.2) is 0 Å². The van der Waals surface area contributed by atoms with Gasteiger partial charge in [0.25, 0.3) is 0 Å². The molecule has 2 aliphatic rings. The van der Waals surface area contributed by atoms with Crippen molar-refractivity contribution >= 4 is 40.0 Å². The first-order chi connectivity index (χ1) is 12.6. The van der Waals surface area contributed by atoms with E-state index in [-0.39, 0.29) is 5.69 Å². The van der Waals surface area contributed by atoms with E-state index in [1.807, 2.05) is 0 Å². The van der Waals surface area contributed by atoms with Gasteiger partial charge < -0.3 is 14.1 Å². The van der Waals surface area contributed by atoms with Gasteiger partial charge in [-0.3, -0.25) is 10.1 Å². The summed E-state index contributed by atoms with van der Waals surface area (Å²) in [5, 5.41) is 12.5. The number of hydrogen-bond acceptors (Lipinski definition) is 5. The number of fused-ring (bicyclic) bond motifs is 1. The van der Waals surface area contributed by atoms with Crippen LogP contribution >= 0.6 is 11.6 Å². The lowest BCUT2D eigenvalue weighted by Crippen LogP contribution is -2.36. The molecule has 1 saturated heterocycles. The maximum atomic E-state index is 11.5. The van der Waals surface area contributed by atoms with Gasteiger partial charge in [-0.05, 0) is 37.8 Å². The molecule has 26 heavy (non-hydrogen) atoms. The Morgan fingerprint density at radius 3 is 2.58 bits per heavy atom. The fourth-order valence-corrected chi connectivity index (χ4v) is 4.05. The number of allylic oxidation sites excluding steroid dienone is 1. The molecule has 0 radical (unpaired) electrons. The second-order valence-corrected chi connectivity index (χ2v) is 7.27. The fourth-order valence-electron chi connectivity index (χ4n) is 3.84. The van der Waals surface area contributed by atoms with E-state index in [4.69, 9.17) is 20.8 Å². The molecule has 1 saturated carbocycles. The van der Waals surface area contributed by atoms with Crippen LogP contribution in [0.4, 0.5) is 11.4 Å². The molecular formula is C19H21ClN2O4. The third kappa shape index (κ3) is 3.31. The molecule has 2 aromatic rings. The minimum Gasteiger partial charge on any atom is -0.447 e. The number of halogens is 1. The SMILES string of the molecule is O=[N+]([O-])c1cc(Cl)cc2c(N3CCOCC3)c(C=C3CCCCC3)oc12. The molecular weight excluding hydrogens is 356 g/mol. The Balaban J connectivity index is 1.90. The van der Waals surface area contributed by atoms with Crippen LogP contribution < -0.4 is 4.90 Å². The molecule has 0 bridgehead atoms. The summed E-state index contributed by atoms with van der Waals surface area (Å²) in [7, 11) is 0. The molecule has 1 aromatic heterocycles. The van der Waals surface area contributed by atoms with Gasteiger partial charge in [-0.1, -0.05) is 23.6 Å². The van der Waals surface area contributed by atoms with E-state index in [1.165, 1.54) is 30.9 Å². The van der Waals surface area contributed by atoms with E-state index >= 15 is 0 Å². The van der Waals surface area contributed by atoms with E-state index in [0.717, 1.165) is 31.6 Å². The van der Waals surface area contributed by atoms with Gasteiger partial charge in [0.05, 0.1) is 29.2 Å². The molecule has 7 heteroatoms. The Kier molecular flexibility index (Phi) is 4.87. The Morgan fingerprint density at radius 2 is 1.88 bits per heavy atom. The van der Waals surface area contributed by atoms with Crippen molar-refractivity contribution < 1.29 is 14.1 Å². The molecule has 0 spiro atoms. The van der Waals surface area contributed by atoms with Crippen LogP contribution in [0.15, 0.2) is 22.1 Å². The average Bonchev–Trinajstić information content (AvgIpc) is 3.00. The number of non-ortho nitro benzene ring substituents is 1. The van der Waals surface area contributed by atoms with Gasteiger partial charge >= 0.3 is 5.69 Å². The molecule has 1 aliphatic carbocycles. The molecule has 1 aromatic carbocycles. The second kappa shape index (κ2) is 7.29. The number of benzene rings is 1. The van der Waals surface area contributed by atoms with Crippen molar-refractivity contribution in [3.63, 3.8) is 0 Å². The van der Waals surface area contributed by atoms with Crippen molar-refractivity contribution in [3.8, 4) is 0 Å². The Bertz CT molecular complexity index is 860. The molecule has 1 aliphatic heterocycles. The molecule has 6 nitrogen and oxygen atoms in total. The number of rotatable bonds is 3. The van der Waals surface area contributed by atoms with Gasteiger partial charge in [-0.2, -0.15) is 0 Å². The van der Waals surface area contributed by atoms with Crippen LogP contribution in [0.25, 0.3) is 17.0 Å². The lowest BCUT2D eigenvalue weighted by Gasteiger charge is -2.28. The molecule has 0 unspecified atom stereocenters. The second-order valence-electron chi connectivity index (χ2n) is 6.84. The van der Waals surface area contributed by atoms with Crippen molar-refractivity contribution in [2.75, 3.05) is 31.2 Å². The first-order valence-electron chi connectivity index (χ1n) is 9.06. The van der Waals surface area contributed by atoms with Gasteiger partial charge in [0.2, 0.25) is 5.58 Å². The predicted octanol–water partition coefficient (Wildman–Crippen LogP) is 5.18. The predicted molar refractivity (Wildman–Crippen MR) is 102 cm³/mol. The number of furan rings is 1. The zero-order valence-electron chi connectivity index (χ0n) is 14.5. The number of nitro groups is 1. The van der Waals surface area contributed by atoms with E-state index in [9.17, 15) is 10.1 Å². The van der Waals surface area contributed by atoms with Crippen LogP contribution in [-0.4, -0.2) is 31.2 Å². The highest BCUT2D eigenvalue weighted by molar-refractivity contribution is 6.32. The summed E-state index contributed by atoms with van der Waals surface area (Å²) in [5.74, 6) is 0.698. The fraction of sp³-hybridized carbons (Fsp3) is 0.474. The summed E-state index contributed by atoms with van der Waals surface area (Å²) in [4.78, 5) is 13.2. The summed E-state index contributed by atoms with van der Waals surface area (Å²) >= 11 is 6.18. The molecule has 2 fully saturated rings. The number of hydrogen-bond donors (Lipinski definition) is 0. The topological polar surface area (TPSA) is 68.8 Å². The Labute approximate surface area is 156 Å². The number of nitro benzene ring substituents is 1. The minimum absolute atomic E-state index is 0.0877. The van der Waals surface area contributed by atoms with Crippen LogP contribution in [0.1, 0.15) is 37.9 Å². The highest BCUT2D eigenvalue weighted by atomic mass is 35.5. The first kappa shape index (κ1) is 17.4. The largest absolute Gasteiger partial charge is 0.447 e. The van der Waals surface area contributed by atoms with Crippen molar-refractivity contribution in [1.82, 2.24) is 0 Å². The van der Waals surface area contributed by atoms with E-state index < -0.39 is 4.92 Å². The van der Waals surface area contributed by atoms with Crippen LogP contribution in [-0.2, 0) is 4.74 Å². The third-order valence-corrected chi connectivity index (χ3v) is 5.31. The highest BCUT2D eigenvalue weighted by Crippen LogP contribution is 2.42. The summed E-state index contributed by atoms with van der Waals surface area (Å²) in [5.41, 5.74) is 2.45. The summed E-state index contributed by atoms with van der Waals surface area (Å²) in [6.07, 6.45) is 7.83. The lowest BCUT2D eigenvalue weighted by molar-refractivity contribution is -0.383. The Hall–Kier alpha value is -2.05. The summed E-state index contributed by atoms with van der Waals surface area (Å²) < 4.78 is 11.5. The highest BCUT2D eigenvalue weighted by Gasteiger charge is 2.27. The van der Waals surface area contributed by atoms with E-state index in [0.29, 0.717) is 35.0 Å². The summed E-state index contributed by atoms with van der Waals surface area (Å²) in [6.45, 7) is 2.72. The van der Waals surface area contributed by atoms with E-state index in [2.05, 4.69) is 11.0 Å². The molecule has 4 rings (SSSR count). The van der Waals surface area contributed by atoms with Gasteiger partial charge in [0.1, 0.15) is 0 Å². The van der Waals surface area contributed by atoms with Crippen molar-refractivity contribution in [2.24, 2.45) is 0 Å². The van der Waals surface area contributed by atoms with Gasteiger partial charge in [-0.15, -0.1) is 0 Å². The van der Waals surface area contributed by atoms with Gasteiger partial charge in [0.15, 0.2) is 5.76 Å². The zero-order valence-corrected chi connectivity index (χ0v) is 15.3. The monoisotopic (exact) mass is 376 g/mol. The van der Waals surface area contributed by atoms with Crippen molar-refractivity contribution in [1.29, 1.82) is 0 Å². The minimum atomic E-state index is -0.432. The molecule has 0 amide bonds. The summed E-state index contributed by atoms with van der Waals surface area (Å²) in [6, 6.07) is 3.12. The smallest absolute Gasteiger partial charge is 0.313 e. The normalized spacial score (nSPS) is 18.3. The molecule has 138 valence electrons. The number of ether oxygens (including phenoxy) is 1. The molecule has 0 N–H and O–H groups in total. The van der Waals surface area contributed by atoms with Crippen LogP contribution in [0, 0.1) is 10.1 Å². The first-order valence-corrected chi connectivity index (χ1v) is 9.44. The van der Waals surface area contributed by atoms with Crippen molar-refractivity contribution in [3.05, 3.63) is 38.6 Å². The van der Waals surface area contributed by atoms with Crippen LogP contribution in [0.5, 0.6) is 0 Å². The molecule has 2 heterocycles. The van der Waals surface area contributed by atoms with Gasteiger partial charge in [0, 0.05) is 24.2 Å². The average molecular weight is 377 g/mol. The maximum absolute atomic E-state index is 11.5. The van der Waals surface area contributed by atoms with E-state index in [1.54, 1.807) is 6.07 Å².